The highest BCUT2D eigenvalue weighted by Crippen LogP contribution is 2.06. The summed E-state index contributed by atoms with van der Waals surface area (Å²) in [4.78, 5) is 26.7. The fourth-order valence-electron chi connectivity index (χ4n) is 2.10. The van der Waals surface area contributed by atoms with E-state index in [1.165, 1.54) is 4.57 Å². The van der Waals surface area contributed by atoms with Gasteiger partial charge in [-0.3, -0.25) is 9.36 Å². The Morgan fingerprint density at radius 1 is 1.24 bits per heavy atom. The van der Waals surface area contributed by atoms with Crippen molar-refractivity contribution < 1.29 is 0 Å². The quantitative estimate of drug-likeness (QED) is 0.759. The molecule has 0 saturated carbocycles. The first-order chi connectivity index (χ1) is 8.25. The first kappa shape index (κ1) is 10.3. The van der Waals surface area contributed by atoms with Gasteiger partial charge in [-0.05, 0) is 12.1 Å². The number of benzene rings is 1. The standard InChI is InChI=1S/C12H13N3O2/c16-11-9-3-1-2-4-10(9)14-12(17)15(11)7-8-5-13-6-8/h1-4,8,13H,5-7H2,(H,14,17). The van der Waals surface area contributed by atoms with Gasteiger partial charge in [-0.1, -0.05) is 12.1 Å². The fraction of sp³-hybridized carbons (Fsp3) is 0.333. The summed E-state index contributed by atoms with van der Waals surface area (Å²) in [5.74, 6) is 0.384. The molecule has 1 saturated heterocycles. The number of fused-ring (bicyclic) bond motifs is 1. The van der Waals surface area contributed by atoms with Crippen LogP contribution < -0.4 is 16.6 Å². The summed E-state index contributed by atoms with van der Waals surface area (Å²) in [6.07, 6.45) is 0. The van der Waals surface area contributed by atoms with Gasteiger partial charge in [0.15, 0.2) is 0 Å². The van der Waals surface area contributed by atoms with Crippen LogP contribution in [0, 0.1) is 5.92 Å². The van der Waals surface area contributed by atoms with E-state index in [0.717, 1.165) is 13.1 Å². The van der Waals surface area contributed by atoms with Gasteiger partial charge in [0.25, 0.3) is 5.56 Å². The Kier molecular flexibility index (Phi) is 2.33. The predicted molar refractivity (Wildman–Crippen MR) is 65.2 cm³/mol. The molecule has 1 aromatic heterocycles. The molecule has 2 N–H and O–H groups in total. The van der Waals surface area contributed by atoms with Gasteiger partial charge in [0.05, 0.1) is 10.9 Å². The van der Waals surface area contributed by atoms with Crippen LogP contribution >= 0.6 is 0 Å². The molecule has 0 amide bonds. The van der Waals surface area contributed by atoms with Gasteiger partial charge < -0.3 is 10.3 Å². The summed E-state index contributed by atoms with van der Waals surface area (Å²) in [6.45, 7) is 2.24. The Morgan fingerprint density at radius 2 is 2.00 bits per heavy atom. The van der Waals surface area contributed by atoms with Crippen LogP contribution in [0.25, 0.3) is 10.9 Å². The number of nitrogens with zero attached hydrogens (tertiary/aromatic N) is 1. The van der Waals surface area contributed by atoms with Gasteiger partial charge in [0.2, 0.25) is 0 Å². The number of rotatable bonds is 2. The lowest BCUT2D eigenvalue weighted by Crippen LogP contribution is -2.48. The molecule has 0 atom stereocenters. The lowest BCUT2D eigenvalue weighted by molar-refractivity contribution is 0.300. The molecule has 0 radical (unpaired) electrons. The van der Waals surface area contributed by atoms with Crippen LogP contribution in [-0.2, 0) is 6.54 Å². The summed E-state index contributed by atoms with van der Waals surface area (Å²) in [7, 11) is 0. The fourth-order valence-corrected chi connectivity index (χ4v) is 2.10. The van der Waals surface area contributed by atoms with E-state index in [1.807, 2.05) is 0 Å². The zero-order chi connectivity index (χ0) is 11.8. The maximum atomic E-state index is 12.1. The minimum absolute atomic E-state index is 0.198. The topological polar surface area (TPSA) is 66.9 Å². The van der Waals surface area contributed by atoms with Crippen molar-refractivity contribution in [3.05, 3.63) is 45.1 Å². The highest BCUT2D eigenvalue weighted by atomic mass is 16.2. The van der Waals surface area contributed by atoms with Crippen molar-refractivity contribution in [1.82, 2.24) is 14.9 Å². The highest BCUT2D eigenvalue weighted by Gasteiger charge is 2.19. The number of hydrogen-bond acceptors (Lipinski definition) is 3. The Labute approximate surface area is 97.1 Å². The van der Waals surface area contributed by atoms with Crippen molar-refractivity contribution >= 4 is 10.9 Å². The molecule has 0 bridgehead atoms. The molecule has 1 fully saturated rings. The Bertz CT molecular complexity index is 667. The van der Waals surface area contributed by atoms with Gasteiger partial charge in [-0.15, -0.1) is 0 Å². The normalized spacial score (nSPS) is 16.0. The predicted octanol–water partition coefficient (Wildman–Crippen LogP) is -0.0908. The molecule has 1 aliphatic rings. The van der Waals surface area contributed by atoms with Crippen LogP contribution in [0.2, 0.25) is 0 Å². The molecule has 5 nitrogen and oxygen atoms in total. The molecule has 1 aliphatic heterocycles. The minimum atomic E-state index is -0.319. The van der Waals surface area contributed by atoms with E-state index >= 15 is 0 Å². The molecule has 0 unspecified atom stereocenters. The molecule has 88 valence electrons. The summed E-state index contributed by atoms with van der Waals surface area (Å²) in [5, 5.41) is 3.70. The number of nitrogens with one attached hydrogen (secondary N) is 2. The maximum Gasteiger partial charge on any atom is 0.328 e. The van der Waals surface area contributed by atoms with E-state index < -0.39 is 0 Å². The largest absolute Gasteiger partial charge is 0.328 e. The first-order valence-corrected chi connectivity index (χ1v) is 5.68. The Hall–Kier alpha value is -1.88. The van der Waals surface area contributed by atoms with Crippen molar-refractivity contribution in [3.8, 4) is 0 Å². The number of para-hydroxylation sites is 1. The van der Waals surface area contributed by atoms with E-state index in [1.54, 1.807) is 24.3 Å². The number of aromatic nitrogens is 2. The van der Waals surface area contributed by atoms with Crippen molar-refractivity contribution in [2.75, 3.05) is 13.1 Å². The van der Waals surface area contributed by atoms with Crippen molar-refractivity contribution in [2.24, 2.45) is 5.92 Å². The molecule has 17 heavy (non-hydrogen) atoms. The average Bonchev–Trinajstić information content (AvgIpc) is 2.26. The second-order valence-electron chi connectivity index (χ2n) is 4.42. The van der Waals surface area contributed by atoms with E-state index in [-0.39, 0.29) is 11.2 Å². The lowest BCUT2D eigenvalue weighted by Gasteiger charge is -2.27. The number of hydrogen-bond donors (Lipinski definition) is 2. The zero-order valence-electron chi connectivity index (χ0n) is 9.27. The van der Waals surface area contributed by atoms with Crippen LogP contribution in [0.3, 0.4) is 0 Å². The smallest absolute Gasteiger partial charge is 0.316 e. The van der Waals surface area contributed by atoms with Gasteiger partial charge in [0.1, 0.15) is 0 Å². The number of H-pyrrole nitrogens is 1. The Morgan fingerprint density at radius 3 is 2.71 bits per heavy atom. The van der Waals surface area contributed by atoms with E-state index in [9.17, 15) is 9.59 Å². The lowest BCUT2D eigenvalue weighted by atomic mass is 10.0. The summed E-state index contributed by atoms with van der Waals surface area (Å²) in [6, 6.07) is 7.09. The monoisotopic (exact) mass is 231 g/mol. The second-order valence-corrected chi connectivity index (χ2v) is 4.42. The second kappa shape index (κ2) is 3.85. The van der Waals surface area contributed by atoms with Crippen LogP contribution in [-0.4, -0.2) is 22.6 Å². The van der Waals surface area contributed by atoms with Crippen LogP contribution in [0.1, 0.15) is 0 Å². The third kappa shape index (κ3) is 1.68. The summed E-state index contributed by atoms with van der Waals surface area (Å²) in [5.41, 5.74) is 0.0855. The molecule has 3 rings (SSSR count). The third-order valence-corrected chi connectivity index (χ3v) is 3.20. The van der Waals surface area contributed by atoms with E-state index in [4.69, 9.17) is 0 Å². The summed E-state index contributed by atoms with van der Waals surface area (Å²) < 4.78 is 1.30. The van der Waals surface area contributed by atoms with Crippen LogP contribution in [0.4, 0.5) is 0 Å². The van der Waals surface area contributed by atoms with Gasteiger partial charge in [0, 0.05) is 25.6 Å². The first-order valence-electron chi connectivity index (χ1n) is 5.68. The maximum absolute atomic E-state index is 12.1. The van der Waals surface area contributed by atoms with Crippen LogP contribution in [0.15, 0.2) is 33.9 Å². The van der Waals surface area contributed by atoms with Gasteiger partial charge in [-0.25, -0.2) is 4.79 Å². The molecule has 0 spiro atoms. The molecule has 2 aromatic rings. The molecule has 1 aromatic carbocycles. The van der Waals surface area contributed by atoms with Crippen molar-refractivity contribution in [2.45, 2.75) is 6.54 Å². The van der Waals surface area contributed by atoms with Gasteiger partial charge in [-0.2, -0.15) is 0 Å². The van der Waals surface area contributed by atoms with Crippen molar-refractivity contribution in [3.63, 3.8) is 0 Å². The molecular formula is C12H13N3O2. The number of aromatic amines is 1. The molecule has 5 heteroatoms. The Balaban J connectivity index is 2.17. The SMILES string of the molecule is O=c1[nH]c2ccccc2c(=O)n1CC1CNC1. The minimum Gasteiger partial charge on any atom is -0.316 e. The van der Waals surface area contributed by atoms with E-state index in [2.05, 4.69) is 10.3 Å². The third-order valence-electron chi connectivity index (χ3n) is 3.20. The molecule has 0 aliphatic carbocycles. The highest BCUT2D eigenvalue weighted by molar-refractivity contribution is 5.76. The zero-order valence-corrected chi connectivity index (χ0v) is 9.27. The van der Waals surface area contributed by atoms with Crippen molar-refractivity contribution in [1.29, 1.82) is 0 Å². The molecular weight excluding hydrogens is 218 g/mol. The van der Waals surface area contributed by atoms with E-state index in [0.29, 0.717) is 23.4 Å². The summed E-state index contributed by atoms with van der Waals surface area (Å²) >= 11 is 0. The van der Waals surface area contributed by atoms with Gasteiger partial charge >= 0.3 is 5.69 Å². The molecule has 2 heterocycles. The average molecular weight is 231 g/mol. The van der Waals surface area contributed by atoms with Crippen LogP contribution in [0.5, 0.6) is 0 Å².